The fourth-order valence-corrected chi connectivity index (χ4v) is 1.55. The molecule has 0 aromatic rings. The maximum Gasteiger partial charge on any atom is 0.223 e. The monoisotopic (exact) mass is 171 g/mol. The van der Waals surface area contributed by atoms with Crippen LogP contribution in [0.25, 0.3) is 0 Å². The summed E-state index contributed by atoms with van der Waals surface area (Å²) in [6.07, 6.45) is 3.34. The Hall–Kier alpha value is -0.570. The van der Waals surface area contributed by atoms with Crippen molar-refractivity contribution in [2.75, 3.05) is 6.54 Å². The molecular weight excluding hydrogens is 154 g/mol. The summed E-state index contributed by atoms with van der Waals surface area (Å²) in [6, 6.07) is 0. The summed E-state index contributed by atoms with van der Waals surface area (Å²) in [5.41, 5.74) is 0. The number of amides is 1. The van der Waals surface area contributed by atoms with Gasteiger partial charge in [-0.1, -0.05) is 0 Å². The molecule has 3 nitrogen and oxygen atoms in total. The van der Waals surface area contributed by atoms with Crippen LogP contribution in [0.5, 0.6) is 0 Å². The van der Waals surface area contributed by atoms with Crippen LogP contribution >= 0.6 is 0 Å². The average molecular weight is 171 g/mol. The van der Waals surface area contributed by atoms with E-state index in [-0.39, 0.29) is 17.9 Å². The van der Waals surface area contributed by atoms with E-state index in [2.05, 4.69) is 5.32 Å². The van der Waals surface area contributed by atoms with Crippen molar-refractivity contribution in [1.82, 2.24) is 5.32 Å². The lowest BCUT2D eigenvalue weighted by Crippen LogP contribution is -2.36. The molecule has 1 heterocycles. The summed E-state index contributed by atoms with van der Waals surface area (Å²) >= 11 is 0. The molecule has 70 valence electrons. The summed E-state index contributed by atoms with van der Waals surface area (Å²) in [6.45, 7) is 2.59. The van der Waals surface area contributed by atoms with Gasteiger partial charge in [0.25, 0.3) is 0 Å². The number of hydrogen-bond acceptors (Lipinski definition) is 2. The maximum atomic E-state index is 11.2. The summed E-state index contributed by atoms with van der Waals surface area (Å²) in [7, 11) is 0. The quantitative estimate of drug-likeness (QED) is 0.656. The van der Waals surface area contributed by atoms with E-state index in [9.17, 15) is 4.79 Å². The fraction of sp³-hybridized carbons (Fsp3) is 0.889. The van der Waals surface area contributed by atoms with Crippen LogP contribution in [0.4, 0.5) is 0 Å². The van der Waals surface area contributed by atoms with Crippen molar-refractivity contribution in [1.29, 1.82) is 0 Å². The standard InChI is InChI=1S/C9H17NO2/c1-7(11)4-5-8-3-2-6-10-9(8)12/h7-8,11H,2-6H2,1H3,(H,10,12). The molecule has 0 bridgehead atoms. The van der Waals surface area contributed by atoms with Crippen molar-refractivity contribution in [2.24, 2.45) is 5.92 Å². The second-order valence-electron chi connectivity index (χ2n) is 3.56. The van der Waals surface area contributed by atoms with Gasteiger partial charge in [0, 0.05) is 12.5 Å². The van der Waals surface area contributed by atoms with Gasteiger partial charge < -0.3 is 10.4 Å². The predicted octanol–water partition coefficient (Wildman–Crippen LogP) is 0.674. The summed E-state index contributed by atoms with van der Waals surface area (Å²) in [4.78, 5) is 11.2. The van der Waals surface area contributed by atoms with Crippen molar-refractivity contribution in [3.8, 4) is 0 Å². The first-order valence-electron chi connectivity index (χ1n) is 4.66. The number of carbonyl (C=O) groups excluding carboxylic acids is 1. The average Bonchev–Trinajstić information content (AvgIpc) is 2.03. The first-order chi connectivity index (χ1) is 5.70. The van der Waals surface area contributed by atoms with Crippen molar-refractivity contribution in [3.63, 3.8) is 0 Å². The molecule has 1 fully saturated rings. The molecule has 2 atom stereocenters. The van der Waals surface area contributed by atoms with Gasteiger partial charge in [-0.15, -0.1) is 0 Å². The minimum Gasteiger partial charge on any atom is -0.393 e. The van der Waals surface area contributed by atoms with Crippen LogP contribution in [0, 0.1) is 5.92 Å². The Balaban J connectivity index is 2.25. The first kappa shape index (κ1) is 9.52. The molecule has 1 rings (SSSR count). The maximum absolute atomic E-state index is 11.2. The lowest BCUT2D eigenvalue weighted by atomic mass is 9.93. The third-order valence-electron chi connectivity index (χ3n) is 2.33. The number of aliphatic hydroxyl groups excluding tert-OH is 1. The Morgan fingerprint density at radius 1 is 1.75 bits per heavy atom. The molecule has 0 aliphatic carbocycles. The smallest absolute Gasteiger partial charge is 0.223 e. The third-order valence-corrected chi connectivity index (χ3v) is 2.33. The van der Waals surface area contributed by atoms with Crippen molar-refractivity contribution in [2.45, 2.75) is 38.7 Å². The first-order valence-corrected chi connectivity index (χ1v) is 4.66. The van der Waals surface area contributed by atoms with Gasteiger partial charge in [-0.2, -0.15) is 0 Å². The van der Waals surface area contributed by atoms with Gasteiger partial charge in [0.15, 0.2) is 0 Å². The predicted molar refractivity (Wildman–Crippen MR) is 46.6 cm³/mol. The van der Waals surface area contributed by atoms with Crippen molar-refractivity contribution in [3.05, 3.63) is 0 Å². The van der Waals surface area contributed by atoms with Crippen LogP contribution in [0.1, 0.15) is 32.6 Å². The number of rotatable bonds is 3. The van der Waals surface area contributed by atoms with E-state index in [0.29, 0.717) is 0 Å². The molecule has 0 aromatic carbocycles. The highest BCUT2D eigenvalue weighted by Crippen LogP contribution is 2.17. The van der Waals surface area contributed by atoms with Crippen LogP contribution in [-0.4, -0.2) is 23.7 Å². The van der Waals surface area contributed by atoms with E-state index in [1.165, 1.54) is 0 Å². The molecule has 0 spiro atoms. The van der Waals surface area contributed by atoms with Crippen molar-refractivity contribution < 1.29 is 9.90 Å². The molecule has 2 unspecified atom stereocenters. The number of piperidine rings is 1. The van der Waals surface area contributed by atoms with E-state index >= 15 is 0 Å². The minimum atomic E-state index is -0.278. The second-order valence-corrected chi connectivity index (χ2v) is 3.56. The highest BCUT2D eigenvalue weighted by atomic mass is 16.3. The van der Waals surface area contributed by atoms with E-state index in [0.717, 1.165) is 32.2 Å². The molecule has 1 aliphatic heterocycles. The van der Waals surface area contributed by atoms with E-state index < -0.39 is 0 Å². The highest BCUT2D eigenvalue weighted by Gasteiger charge is 2.21. The Morgan fingerprint density at radius 3 is 3.08 bits per heavy atom. The zero-order valence-electron chi connectivity index (χ0n) is 7.55. The molecule has 0 radical (unpaired) electrons. The Labute approximate surface area is 73.2 Å². The Morgan fingerprint density at radius 2 is 2.50 bits per heavy atom. The lowest BCUT2D eigenvalue weighted by molar-refractivity contribution is -0.126. The molecule has 1 amide bonds. The third kappa shape index (κ3) is 2.81. The van der Waals surface area contributed by atoms with E-state index in [1.807, 2.05) is 0 Å². The Bertz CT molecular complexity index is 157. The van der Waals surface area contributed by atoms with Crippen LogP contribution in [0.2, 0.25) is 0 Å². The molecule has 2 N–H and O–H groups in total. The topological polar surface area (TPSA) is 49.3 Å². The molecule has 0 saturated carbocycles. The zero-order chi connectivity index (χ0) is 8.97. The summed E-state index contributed by atoms with van der Waals surface area (Å²) in [5, 5.41) is 11.9. The van der Waals surface area contributed by atoms with Crippen LogP contribution < -0.4 is 5.32 Å². The van der Waals surface area contributed by atoms with Gasteiger partial charge in [0.05, 0.1) is 6.10 Å². The molecule has 1 saturated heterocycles. The molecule has 1 aliphatic rings. The Kier molecular flexibility index (Phi) is 3.53. The van der Waals surface area contributed by atoms with E-state index in [1.54, 1.807) is 6.92 Å². The van der Waals surface area contributed by atoms with Crippen LogP contribution in [0.15, 0.2) is 0 Å². The number of hydrogen-bond donors (Lipinski definition) is 2. The molecule has 3 heteroatoms. The molecule has 12 heavy (non-hydrogen) atoms. The van der Waals surface area contributed by atoms with Gasteiger partial charge in [0.1, 0.15) is 0 Å². The van der Waals surface area contributed by atoms with Crippen LogP contribution in [0.3, 0.4) is 0 Å². The largest absolute Gasteiger partial charge is 0.393 e. The van der Waals surface area contributed by atoms with Crippen LogP contribution in [-0.2, 0) is 4.79 Å². The second kappa shape index (κ2) is 4.45. The van der Waals surface area contributed by atoms with Gasteiger partial charge in [-0.3, -0.25) is 4.79 Å². The van der Waals surface area contributed by atoms with E-state index in [4.69, 9.17) is 5.11 Å². The summed E-state index contributed by atoms with van der Waals surface area (Å²) in [5.74, 6) is 0.315. The number of carbonyl (C=O) groups is 1. The normalized spacial score (nSPS) is 26.5. The van der Waals surface area contributed by atoms with Gasteiger partial charge in [-0.05, 0) is 32.6 Å². The fourth-order valence-electron chi connectivity index (χ4n) is 1.55. The highest BCUT2D eigenvalue weighted by molar-refractivity contribution is 5.79. The minimum absolute atomic E-state index is 0.147. The summed E-state index contributed by atoms with van der Waals surface area (Å²) < 4.78 is 0. The van der Waals surface area contributed by atoms with Gasteiger partial charge in [-0.25, -0.2) is 0 Å². The number of nitrogens with one attached hydrogen (secondary N) is 1. The van der Waals surface area contributed by atoms with Crippen molar-refractivity contribution >= 4 is 5.91 Å². The lowest BCUT2D eigenvalue weighted by Gasteiger charge is -2.21. The zero-order valence-corrected chi connectivity index (χ0v) is 7.55. The van der Waals surface area contributed by atoms with Gasteiger partial charge in [0.2, 0.25) is 5.91 Å². The molecule has 0 aromatic heterocycles. The van der Waals surface area contributed by atoms with Gasteiger partial charge >= 0.3 is 0 Å². The SMILES string of the molecule is CC(O)CCC1CCCNC1=O. The number of aliphatic hydroxyl groups is 1. The molecular formula is C9H17NO2.